The van der Waals surface area contributed by atoms with Gasteiger partial charge in [-0.15, -0.1) is 68.7 Å². The summed E-state index contributed by atoms with van der Waals surface area (Å²) in [6.07, 6.45) is 0. The van der Waals surface area contributed by atoms with Crippen LogP contribution in [0.4, 0.5) is 0 Å². The Bertz CT molecular complexity index is 2440. The van der Waals surface area contributed by atoms with Gasteiger partial charge < -0.3 is 0 Å². The second-order valence-corrected chi connectivity index (χ2v) is 12.0. The van der Waals surface area contributed by atoms with Gasteiger partial charge in [0.15, 0.2) is 0 Å². The van der Waals surface area contributed by atoms with Crippen LogP contribution in [-0.2, 0) is 23.3 Å². The molecule has 0 bridgehead atoms. The van der Waals surface area contributed by atoms with E-state index in [1.54, 1.807) is 0 Å². The number of aryl methyl sites for hydroxylation is 1. The maximum atomic E-state index is 3.06. The van der Waals surface area contributed by atoms with Gasteiger partial charge in [-0.1, -0.05) is 103 Å². The molecular weight excluding hydrogens is 708 g/mol. The topological polar surface area (TPSA) is 0 Å². The van der Waals surface area contributed by atoms with Gasteiger partial charge in [0.25, 0.3) is 0 Å². The molecule has 0 atom stereocenters. The zero-order valence-corrected chi connectivity index (χ0v) is 32.0. The van der Waals surface area contributed by atoms with Gasteiger partial charge in [-0.2, -0.15) is 84.4 Å². The number of fused-ring (bicyclic) bond motifs is 7. The van der Waals surface area contributed by atoms with Gasteiger partial charge in [0.2, 0.25) is 0 Å². The quantitative estimate of drug-likeness (QED) is 0.0892. The van der Waals surface area contributed by atoms with E-state index in [0.29, 0.717) is 0 Å². The zero-order valence-electron chi connectivity index (χ0n) is 28.6. The fourth-order valence-corrected chi connectivity index (χ4v) is 6.54. The molecular formula is C49H36SiZr-4. The Morgan fingerprint density at radius 2 is 0.941 bits per heavy atom. The van der Waals surface area contributed by atoms with Gasteiger partial charge in [-0.25, -0.2) is 0 Å². The predicted molar refractivity (Wildman–Crippen MR) is 218 cm³/mol. The molecule has 0 saturated heterocycles. The first kappa shape index (κ1) is 35.7. The molecule has 0 amide bonds. The van der Waals surface area contributed by atoms with Gasteiger partial charge in [0, 0.05) is 0 Å². The van der Waals surface area contributed by atoms with Crippen molar-refractivity contribution in [2.45, 2.75) is 6.92 Å². The molecule has 0 aromatic heterocycles. The van der Waals surface area contributed by atoms with Crippen molar-refractivity contribution in [1.29, 1.82) is 0 Å². The molecule has 0 heterocycles. The third-order valence-corrected chi connectivity index (χ3v) is 8.80. The summed E-state index contributed by atoms with van der Waals surface area (Å²) in [4.78, 5) is 0. The van der Waals surface area contributed by atoms with Crippen LogP contribution in [0.2, 0.25) is 0 Å². The predicted octanol–water partition coefficient (Wildman–Crippen LogP) is 13.1. The summed E-state index contributed by atoms with van der Waals surface area (Å²) >= 11 is 1.36. The normalized spacial score (nSPS) is 10.2. The molecule has 51 heavy (non-hydrogen) atoms. The van der Waals surface area contributed by atoms with E-state index in [4.69, 9.17) is 0 Å². The van der Waals surface area contributed by atoms with Crippen molar-refractivity contribution >= 4 is 60.7 Å². The standard InChI is InChI=1S/C24H17.C13H9.2C6H5.Si.Zr/c1-16-13-14-17-8-6-12-22(24(16)17)23-15-18-7-2-3-9-19(18)20-10-4-5-11-21(20)23;1-3-7-12-10(5-1)9-11-6-2-4-8-13(11)12;2*1-2-4-6-5-3-1;;/h2-15H,1H3;1-9H;2*1-5H;;/q4*-1;;. The van der Waals surface area contributed by atoms with E-state index in [9.17, 15) is 0 Å². The van der Waals surface area contributed by atoms with Crippen LogP contribution in [0.15, 0.2) is 200 Å². The van der Waals surface area contributed by atoms with E-state index in [-0.39, 0.29) is 0 Å². The number of benzene rings is 8. The molecule has 0 unspecified atom stereocenters. The summed E-state index contributed by atoms with van der Waals surface area (Å²) in [5, 5.41) is 13.4. The summed E-state index contributed by atoms with van der Waals surface area (Å²) in [5.74, 6) is 0. The zero-order chi connectivity index (χ0) is 35.3. The molecule has 0 spiro atoms. The van der Waals surface area contributed by atoms with Crippen molar-refractivity contribution in [1.82, 2.24) is 0 Å². The molecule has 10 rings (SSSR count). The van der Waals surface area contributed by atoms with Crippen LogP contribution in [0.3, 0.4) is 0 Å². The van der Waals surface area contributed by atoms with E-state index < -0.39 is 0 Å². The molecule has 2 heteroatoms. The van der Waals surface area contributed by atoms with Crippen molar-refractivity contribution in [2.24, 2.45) is 0 Å². The van der Waals surface area contributed by atoms with Crippen LogP contribution in [0, 0.1) is 19.1 Å². The van der Waals surface area contributed by atoms with Gasteiger partial charge in [0.1, 0.15) is 0 Å². The Morgan fingerprint density at radius 1 is 0.451 bits per heavy atom. The van der Waals surface area contributed by atoms with Gasteiger partial charge in [-0.3, -0.25) is 0 Å². The van der Waals surface area contributed by atoms with Crippen LogP contribution >= 0.6 is 0 Å². The van der Waals surface area contributed by atoms with E-state index in [0.717, 1.165) is 0 Å². The van der Waals surface area contributed by atoms with Crippen molar-refractivity contribution in [3.8, 4) is 11.1 Å². The van der Waals surface area contributed by atoms with E-state index in [2.05, 4.69) is 165 Å². The minimum Gasteiger partial charge on any atom is -0.184 e. The fourth-order valence-electron chi connectivity index (χ4n) is 6.54. The second-order valence-electron chi connectivity index (χ2n) is 12.0. The third kappa shape index (κ3) is 8.61. The molecule has 0 N–H and O–H groups in total. The second kappa shape index (κ2) is 18.2. The van der Waals surface area contributed by atoms with Crippen LogP contribution in [-0.4, -0.2) is 6.88 Å². The molecule has 0 aliphatic carbocycles. The minimum absolute atomic E-state index is 1.30. The Morgan fingerprint density at radius 3 is 1.49 bits per heavy atom. The average molecular weight is 744 g/mol. The molecule has 2 radical (unpaired) electrons. The summed E-state index contributed by atoms with van der Waals surface area (Å²) in [7, 11) is 0. The SMILES string of the molecule is Cc1c[cH-]c2cccc(-c3cc4ccccc4c4ccccc34)c12.[Si]=[Zr].[c-]1ccccc1.[c-]1ccccc1.c1ccc2c(c1)[cH-]c1ccccc12. The van der Waals surface area contributed by atoms with E-state index in [1.165, 1.54) is 93.9 Å². The summed E-state index contributed by atoms with van der Waals surface area (Å²) in [6.45, 7) is 5.27. The van der Waals surface area contributed by atoms with Crippen molar-refractivity contribution in [2.75, 3.05) is 0 Å². The van der Waals surface area contributed by atoms with Gasteiger partial charge >= 0.3 is 30.2 Å². The summed E-state index contributed by atoms with van der Waals surface area (Å²) < 4.78 is 0. The largest absolute Gasteiger partial charge is 0.184 e. The molecule has 10 aromatic carbocycles. The first-order chi connectivity index (χ1) is 25.3. The van der Waals surface area contributed by atoms with E-state index in [1.807, 2.05) is 60.7 Å². The minimum atomic E-state index is 1.30. The Hall–Kier alpha value is -5.14. The maximum Gasteiger partial charge on any atom is -0.0771 e. The fraction of sp³-hybridized carbons (Fsp3) is 0.0204. The molecule has 244 valence electrons. The number of hydrogen-bond donors (Lipinski definition) is 0. The first-order valence-corrected chi connectivity index (χ1v) is 21.1. The Kier molecular flexibility index (Phi) is 12.7. The molecule has 10 aromatic rings. The van der Waals surface area contributed by atoms with Crippen LogP contribution in [0.1, 0.15) is 5.56 Å². The summed E-state index contributed by atoms with van der Waals surface area (Å²) in [5.41, 5.74) is 4.00. The Balaban J connectivity index is 0.000000138. The van der Waals surface area contributed by atoms with Crippen LogP contribution < -0.4 is 0 Å². The molecule has 0 aliphatic heterocycles. The average Bonchev–Trinajstić information content (AvgIpc) is 3.81. The monoisotopic (exact) mass is 742 g/mol. The molecule has 0 fully saturated rings. The van der Waals surface area contributed by atoms with Gasteiger partial charge in [-0.05, 0) is 33.2 Å². The van der Waals surface area contributed by atoms with Crippen molar-refractivity contribution in [3.63, 3.8) is 0 Å². The molecule has 0 nitrogen and oxygen atoms in total. The van der Waals surface area contributed by atoms with Crippen molar-refractivity contribution in [3.05, 3.63) is 218 Å². The number of hydrogen-bond acceptors (Lipinski definition) is 0. The molecule has 0 aliphatic rings. The van der Waals surface area contributed by atoms with Crippen molar-refractivity contribution < 1.29 is 23.3 Å². The maximum absolute atomic E-state index is 3.06. The summed E-state index contributed by atoms with van der Waals surface area (Å²) in [6, 6.07) is 75.1. The first-order valence-electron chi connectivity index (χ1n) is 16.9. The van der Waals surface area contributed by atoms with Crippen LogP contribution in [0.5, 0.6) is 0 Å². The molecule has 0 saturated carbocycles. The van der Waals surface area contributed by atoms with E-state index >= 15 is 0 Å². The number of rotatable bonds is 1. The Labute approximate surface area is 317 Å². The van der Waals surface area contributed by atoms with Gasteiger partial charge in [0.05, 0.1) is 0 Å². The third-order valence-electron chi connectivity index (χ3n) is 8.80. The smallest absolute Gasteiger partial charge is 0.0771 e. The van der Waals surface area contributed by atoms with Crippen LogP contribution in [0.25, 0.3) is 65.0 Å².